The zero-order chi connectivity index (χ0) is 14.9. The van der Waals surface area contributed by atoms with Crippen LogP contribution in [-0.2, 0) is 0 Å². The molecule has 5 heteroatoms. The number of thioether (sulfide) groups is 1. The van der Waals surface area contributed by atoms with Gasteiger partial charge in [-0.15, -0.1) is 10.2 Å². The van der Waals surface area contributed by atoms with Gasteiger partial charge in [-0.2, -0.15) is 0 Å². The van der Waals surface area contributed by atoms with E-state index in [4.69, 9.17) is 5.73 Å². The van der Waals surface area contributed by atoms with Crippen LogP contribution in [0, 0.1) is 5.41 Å². The van der Waals surface area contributed by atoms with E-state index in [0.29, 0.717) is 12.0 Å². The maximum Gasteiger partial charge on any atom is 0.191 e. The highest BCUT2D eigenvalue weighted by Gasteiger charge is 2.36. The number of hydrogen-bond acceptors (Lipinski definition) is 4. The van der Waals surface area contributed by atoms with Gasteiger partial charge in [0.05, 0.1) is 0 Å². The number of unbranched alkanes of at least 4 members (excludes halogenated alkanes) is 1. The van der Waals surface area contributed by atoms with E-state index in [-0.39, 0.29) is 5.41 Å². The first-order valence-corrected chi connectivity index (χ1v) is 9.37. The minimum atomic E-state index is 0.290. The molecule has 1 aromatic rings. The SMILES string of the molecule is CC(C)(CN)CCCCSc1nnc(C2CC2)n1C1CC1. The maximum atomic E-state index is 5.78. The van der Waals surface area contributed by atoms with Crippen molar-refractivity contribution in [2.24, 2.45) is 11.1 Å². The van der Waals surface area contributed by atoms with E-state index in [1.807, 2.05) is 11.8 Å². The van der Waals surface area contributed by atoms with Crippen LogP contribution in [0.15, 0.2) is 5.16 Å². The van der Waals surface area contributed by atoms with Gasteiger partial charge in [0.1, 0.15) is 5.82 Å². The number of nitrogens with zero attached hydrogens (tertiary/aromatic N) is 3. The zero-order valence-electron chi connectivity index (χ0n) is 13.3. The van der Waals surface area contributed by atoms with Crippen LogP contribution in [0.3, 0.4) is 0 Å². The molecule has 1 heterocycles. The Morgan fingerprint density at radius 2 is 1.95 bits per heavy atom. The van der Waals surface area contributed by atoms with Gasteiger partial charge in [-0.1, -0.05) is 32.0 Å². The molecule has 2 saturated carbocycles. The summed E-state index contributed by atoms with van der Waals surface area (Å²) in [5, 5.41) is 10.1. The standard InChI is InChI=1S/C16H28N4S/c1-16(2,11-17)9-3-4-10-21-15-19-18-14(12-5-6-12)20(15)13-7-8-13/h12-13H,3-11,17H2,1-2H3. The minimum absolute atomic E-state index is 0.290. The van der Waals surface area contributed by atoms with Crippen LogP contribution in [0.2, 0.25) is 0 Å². The van der Waals surface area contributed by atoms with Crippen LogP contribution in [0.25, 0.3) is 0 Å². The summed E-state index contributed by atoms with van der Waals surface area (Å²) in [5.41, 5.74) is 6.07. The van der Waals surface area contributed by atoms with Gasteiger partial charge in [-0.25, -0.2) is 0 Å². The lowest BCUT2D eigenvalue weighted by atomic mass is 9.88. The van der Waals surface area contributed by atoms with Gasteiger partial charge in [0, 0.05) is 17.7 Å². The number of hydrogen-bond donors (Lipinski definition) is 1. The van der Waals surface area contributed by atoms with E-state index in [0.717, 1.165) is 17.5 Å². The van der Waals surface area contributed by atoms with Crippen LogP contribution in [0.1, 0.15) is 76.6 Å². The molecule has 0 spiro atoms. The van der Waals surface area contributed by atoms with Gasteiger partial charge in [-0.3, -0.25) is 0 Å². The second kappa shape index (κ2) is 6.29. The molecule has 0 atom stereocenters. The molecule has 0 amide bonds. The van der Waals surface area contributed by atoms with Crippen molar-refractivity contribution < 1.29 is 0 Å². The van der Waals surface area contributed by atoms with E-state index in [1.54, 1.807) is 0 Å². The van der Waals surface area contributed by atoms with Gasteiger partial charge in [0.15, 0.2) is 5.16 Å². The van der Waals surface area contributed by atoms with Crippen molar-refractivity contribution in [1.29, 1.82) is 0 Å². The fourth-order valence-corrected chi connectivity index (χ4v) is 3.67. The third-order valence-corrected chi connectivity index (χ3v) is 5.61. The summed E-state index contributed by atoms with van der Waals surface area (Å²) in [5.74, 6) is 3.12. The van der Waals surface area contributed by atoms with Crippen molar-refractivity contribution in [2.45, 2.75) is 75.9 Å². The van der Waals surface area contributed by atoms with Crippen molar-refractivity contribution in [3.8, 4) is 0 Å². The first-order chi connectivity index (χ1) is 10.1. The molecule has 118 valence electrons. The summed E-state index contributed by atoms with van der Waals surface area (Å²) < 4.78 is 2.45. The Morgan fingerprint density at radius 3 is 2.57 bits per heavy atom. The van der Waals surface area contributed by atoms with Crippen LogP contribution in [0.5, 0.6) is 0 Å². The summed E-state index contributed by atoms with van der Waals surface area (Å²) in [6.07, 6.45) is 8.96. The van der Waals surface area contributed by atoms with Gasteiger partial charge in [0.2, 0.25) is 0 Å². The average Bonchev–Trinajstić information content (AvgIpc) is 3.37. The van der Waals surface area contributed by atoms with Gasteiger partial charge in [-0.05, 0) is 50.5 Å². The largest absolute Gasteiger partial charge is 0.330 e. The maximum absolute atomic E-state index is 5.78. The molecule has 2 aliphatic carbocycles. The van der Waals surface area contributed by atoms with Gasteiger partial charge < -0.3 is 10.3 Å². The smallest absolute Gasteiger partial charge is 0.191 e. The second-order valence-electron chi connectivity index (χ2n) is 7.39. The third-order valence-electron chi connectivity index (χ3n) is 4.58. The molecule has 0 radical (unpaired) electrons. The molecular formula is C16H28N4S. The van der Waals surface area contributed by atoms with Crippen molar-refractivity contribution in [3.63, 3.8) is 0 Å². The molecular weight excluding hydrogens is 280 g/mol. The molecule has 0 bridgehead atoms. The predicted molar refractivity (Wildman–Crippen MR) is 87.7 cm³/mol. The number of rotatable bonds is 9. The first-order valence-electron chi connectivity index (χ1n) is 8.38. The fourth-order valence-electron chi connectivity index (χ4n) is 2.65. The van der Waals surface area contributed by atoms with Crippen molar-refractivity contribution in [3.05, 3.63) is 5.82 Å². The average molecular weight is 308 g/mol. The zero-order valence-corrected chi connectivity index (χ0v) is 14.2. The van der Waals surface area contributed by atoms with Crippen LogP contribution < -0.4 is 5.73 Å². The topological polar surface area (TPSA) is 56.7 Å². The summed E-state index contributed by atoms with van der Waals surface area (Å²) in [4.78, 5) is 0. The second-order valence-corrected chi connectivity index (χ2v) is 8.45. The minimum Gasteiger partial charge on any atom is -0.330 e. The van der Waals surface area contributed by atoms with Crippen LogP contribution in [-0.4, -0.2) is 27.1 Å². The van der Waals surface area contributed by atoms with Crippen LogP contribution in [0.4, 0.5) is 0 Å². The van der Waals surface area contributed by atoms with Gasteiger partial charge >= 0.3 is 0 Å². The summed E-state index contributed by atoms with van der Waals surface area (Å²) in [7, 11) is 0. The highest BCUT2D eigenvalue weighted by Crippen LogP contribution is 2.46. The highest BCUT2D eigenvalue weighted by atomic mass is 32.2. The lowest BCUT2D eigenvalue weighted by Gasteiger charge is -2.21. The summed E-state index contributed by atoms with van der Waals surface area (Å²) in [6.45, 7) is 5.29. The summed E-state index contributed by atoms with van der Waals surface area (Å²) >= 11 is 1.90. The lowest BCUT2D eigenvalue weighted by molar-refractivity contribution is 0.336. The van der Waals surface area contributed by atoms with Crippen molar-refractivity contribution in [2.75, 3.05) is 12.3 Å². The molecule has 0 aliphatic heterocycles. The van der Waals surface area contributed by atoms with E-state index < -0.39 is 0 Å². The molecule has 1 aromatic heterocycles. The molecule has 0 aromatic carbocycles. The Labute approximate surface area is 132 Å². The normalized spacial score (nSPS) is 19.2. The van der Waals surface area contributed by atoms with Crippen molar-refractivity contribution >= 4 is 11.8 Å². The first kappa shape index (κ1) is 15.3. The quantitative estimate of drug-likeness (QED) is 0.558. The molecule has 3 rings (SSSR count). The molecule has 0 unspecified atom stereocenters. The molecule has 4 nitrogen and oxygen atoms in total. The van der Waals surface area contributed by atoms with E-state index in [2.05, 4.69) is 28.6 Å². The van der Waals surface area contributed by atoms with Crippen molar-refractivity contribution in [1.82, 2.24) is 14.8 Å². The highest BCUT2D eigenvalue weighted by molar-refractivity contribution is 7.99. The number of aromatic nitrogens is 3. The van der Waals surface area contributed by atoms with Gasteiger partial charge in [0.25, 0.3) is 0 Å². The Morgan fingerprint density at radius 1 is 1.19 bits per heavy atom. The van der Waals surface area contributed by atoms with E-state index >= 15 is 0 Å². The van der Waals surface area contributed by atoms with Crippen LogP contribution >= 0.6 is 11.8 Å². The van der Waals surface area contributed by atoms with E-state index in [1.165, 1.54) is 50.8 Å². The molecule has 2 fully saturated rings. The Balaban J connectivity index is 1.47. The van der Waals surface area contributed by atoms with E-state index in [9.17, 15) is 0 Å². The molecule has 0 saturated heterocycles. The Bertz CT molecular complexity index is 475. The summed E-state index contributed by atoms with van der Waals surface area (Å²) in [6, 6.07) is 0.703. The molecule has 2 N–H and O–H groups in total. The fraction of sp³-hybridized carbons (Fsp3) is 0.875. The predicted octanol–water partition coefficient (Wildman–Crippen LogP) is 3.74. The third kappa shape index (κ3) is 4.01. The molecule has 21 heavy (non-hydrogen) atoms. The molecule has 2 aliphatic rings. The lowest BCUT2D eigenvalue weighted by Crippen LogP contribution is -2.23. The monoisotopic (exact) mass is 308 g/mol. The Kier molecular flexibility index (Phi) is 4.60. The Hall–Kier alpha value is -0.550. The number of nitrogens with two attached hydrogens (primary N) is 1.